The average molecular weight is 366 g/mol. The van der Waals surface area contributed by atoms with Gasteiger partial charge < -0.3 is 5.11 Å². The summed E-state index contributed by atoms with van der Waals surface area (Å²) < 4.78 is 0. The Balaban J connectivity index is 1.91. The largest absolute Gasteiger partial charge is 0.481 e. The van der Waals surface area contributed by atoms with Gasteiger partial charge in [0.15, 0.2) is 5.17 Å². The van der Waals surface area contributed by atoms with E-state index in [9.17, 15) is 9.59 Å². The topological polar surface area (TPSA) is 70.0 Å². The van der Waals surface area contributed by atoms with Gasteiger partial charge in [-0.3, -0.25) is 14.5 Å². The van der Waals surface area contributed by atoms with Gasteiger partial charge in [0.25, 0.3) is 5.91 Å². The van der Waals surface area contributed by atoms with E-state index in [1.165, 1.54) is 16.7 Å². The van der Waals surface area contributed by atoms with Gasteiger partial charge in [-0.2, -0.15) is 0 Å². The molecule has 1 N–H and O–H groups in total. The summed E-state index contributed by atoms with van der Waals surface area (Å²) >= 11 is 1.27. The maximum Gasteiger partial charge on any atom is 0.304 e. The van der Waals surface area contributed by atoms with Crippen molar-refractivity contribution in [2.24, 2.45) is 4.99 Å². The molecule has 2 aromatic rings. The lowest BCUT2D eigenvalue weighted by Gasteiger charge is -2.17. The van der Waals surface area contributed by atoms with Crippen LogP contribution in [0.3, 0.4) is 0 Å². The summed E-state index contributed by atoms with van der Waals surface area (Å²) in [4.78, 5) is 29.7. The molecule has 1 amide bonds. The minimum Gasteiger partial charge on any atom is -0.481 e. The molecule has 0 saturated heterocycles. The normalized spacial score (nSPS) is 15.4. The number of hydrogen-bond acceptors (Lipinski definition) is 4. The molecule has 0 saturated carbocycles. The number of hydrogen-bond donors (Lipinski definition) is 1. The first-order chi connectivity index (χ1) is 12.5. The third kappa shape index (κ3) is 4.21. The Labute approximate surface area is 156 Å². The first kappa shape index (κ1) is 17.9. The Hall–Kier alpha value is -2.86. The van der Waals surface area contributed by atoms with Crippen molar-refractivity contribution in [2.45, 2.75) is 13.3 Å². The summed E-state index contributed by atoms with van der Waals surface area (Å²) in [6.45, 7) is 2.00. The zero-order chi connectivity index (χ0) is 18.5. The van der Waals surface area contributed by atoms with Crippen LogP contribution in [0.25, 0.3) is 6.08 Å². The van der Waals surface area contributed by atoms with Gasteiger partial charge in [-0.25, -0.2) is 4.99 Å². The number of aryl methyl sites for hydroxylation is 1. The van der Waals surface area contributed by atoms with E-state index in [0.717, 1.165) is 11.1 Å². The predicted molar refractivity (Wildman–Crippen MR) is 105 cm³/mol. The van der Waals surface area contributed by atoms with Gasteiger partial charge in [0.2, 0.25) is 0 Å². The first-order valence-corrected chi connectivity index (χ1v) is 9.14. The number of rotatable bonds is 5. The van der Waals surface area contributed by atoms with Crippen molar-refractivity contribution in [1.29, 1.82) is 0 Å². The molecular formula is C20H18N2O3S. The van der Waals surface area contributed by atoms with E-state index >= 15 is 0 Å². The van der Waals surface area contributed by atoms with E-state index in [4.69, 9.17) is 5.11 Å². The molecular weight excluding hydrogens is 348 g/mol. The van der Waals surface area contributed by atoms with Crippen molar-refractivity contribution in [3.8, 4) is 0 Å². The molecule has 1 heterocycles. The fourth-order valence-corrected chi connectivity index (χ4v) is 3.39. The minimum absolute atomic E-state index is 0.0114. The molecule has 3 rings (SSSR count). The second-order valence-corrected chi connectivity index (χ2v) is 6.87. The Morgan fingerprint density at radius 1 is 1.15 bits per heavy atom. The Kier molecular flexibility index (Phi) is 5.53. The average Bonchev–Trinajstić information content (AvgIpc) is 2.93. The number of benzene rings is 2. The molecule has 0 aromatic heterocycles. The number of carboxylic acid groups (broad SMARTS) is 1. The van der Waals surface area contributed by atoms with Gasteiger partial charge in [0.05, 0.1) is 12.1 Å². The summed E-state index contributed by atoms with van der Waals surface area (Å²) in [5.41, 5.74) is 3.10. The molecule has 5 nitrogen and oxygen atoms in total. The summed E-state index contributed by atoms with van der Waals surface area (Å²) in [7, 11) is 0. The molecule has 2 aromatic carbocycles. The van der Waals surface area contributed by atoms with Crippen molar-refractivity contribution in [3.63, 3.8) is 0 Å². The van der Waals surface area contributed by atoms with Crippen molar-refractivity contribution in [1.82, 2.24) is 0 Å². The van der Waals surface area contributed by atoms with Crippen molar-refractivity contribution >= 4 is 40.6 Å². The van der Waals surface area contributed by atoms with E-state index in [1.54, 1.807) is 6.08 Å². The van der Waals surface area contributed by atoms with E-state index in [0.29, 0.717) is 22.3 Å². The lowest BCUT2D eigenvalue weighted by Crippen LogP contribution is -2.30. The summed E-state index contributed by atoms with van der Waals surface area (Å²) in [5.74, 6) is -0.735. The molecule has 0 radical (unpaired) electrons. The Morgan fingerprint density at radius 2 is 1.85 bits per heavy atom. The van der Waals surface area contributed by atoms with Crippen LogP contribution in [0.1, 0.15) is 17.5 Å². The highest BCUT2D eigenvalue weighted by Crippen LogP contribution is 2.29. The van der Waals surface area contributed by atoms with Gasteiger partial charge in [-0.05, 0) is 30.7 Å². The fraction of sp³-hybridized carbons (Fsp3) is 0.150. The molecule has 0 atom stereocenters. The van der Waals surface area contributed by atoms with Crippen LogP contribution >= 0.6 is 11.8 Å². The van der Waals surface area contributed by atoms with Crippen LogP contribution in [0.4, 0.5) is 5.69 Å². The second kappa shape index (κ2) is 8.01. The van der Waals surface area contributed by atoms with E-state index in [1.807, 2.05) is 61.5 Å². The number of amides is 1. The van der Waals surface area contributed by atoms with Gasteiger partial charge in [-0.1, -0.05) is 59.8 Å². The predicted octanol–water partition coefficient (Wildman–Crippen LogP) is 3.95. The highest BCUT2D eigenvalue weighted by Gasteiger charge is 2.31. The fourth-order valence-electron chi connectivity index (χ4n) is 2.45. The highest BCUT2D eigenvalue weighted by molar-refractivity contribution is 8.14. The number of thioether (sulfide) groups is 1. The standard InChI is InChI=1S/C20H18N2O3S/c1-14-7-9-15(10-8-14)13-17-19(25)22(16-5-3-2-4-6-16)20(21-17)26-12-11-18(23)24/h2-10,13H,11-12H2,1H3,(H,23,24)/b17-13-. The number of anilines is 1. The molecule has 132 valence electrons. The SMILES string of the molecule is Cc1ccc(/C=C2\N=C(SCCC(=O)O)N(c3ccccc3)C2=O)cc1. The molecule has 0 aliphatic carbocycles. The number of aliphatic imine (C=N–C) groups is 1. The lowest BCUT2D eigenvalue weighted by atomic mass is 10.1. The van der Waals surface area contributed by atoms with Crippen LogP contribution in [-0.4, -0.2) is 27.9 Å². The van der Waals surface area contributed by atoms with Crippen molar-refractivity contribution < 1.29 is 14.7 Å². The van der Waals surface area contributed by atoms with Crippen molar-refractivity contribution in [2.75, 3.05) is 10.7 Å². The van der Waals surface area contributed by atoms with Crippen LogP contribution in [0.15, 0.2) is 65.3 Å². The number of para-hydroxylation sites is 1. The van der Waals surface area contributed by atoms with Gasteiger partial charge in [-0.15, -0.1) is 0 Å². The number of aliphatic carboxylic acids is 1. The monoisotopic (exact) mass is 366 g/mol. The maximum atomic E-state index is 12.9. The molecule has 0 bridgehead atoms. The highest BCUT2D eigenvalue weighted by atomic mass is 32.2. The van der Waals surface area contributed by atoms with Crippen LogP contribution < -0.4 is 4.90 Å². The zero-order valence-electron chi connectivity index (χ0n) is 14.3. The molecule has 1 aliphatic heterocycles. The maximum absolute atomic E-state index is 12.9. The van der Waals surface area contributed by atoms with Crippen LogP contribution in [0.2, 0.25) is 0 Å². The van der Waals surface area contributed by atoms with E-state index < -0.39 is 5.97 Å². The number of nitrogens with zero attached hydrogens (tertiary/aromatic N) is 2. The Bertz CT molecular complexity index is 874. The summed E-state index contributed by atoms with van der Waals surface area (Å²) in [6, 6.07) is 17.1. The third-order valence-electron chi connectivity index (χ3n) is 3.77. The van der Waals surface area contributed by atoms with Gasteiger partial charge >= 0.3 is 5.97 Å². The van der Waals surface area contributed by atoms with E-state index in [2.05, 4.69) is 4.99 Å². The smallest absolute Gasteiger partial charge is 0.304 e. The first-order valence-electron chi connectivity index (χ1n) is 8.16. The molecule has 6 heteroatoms. The lowest BCUT2D eigenvalue weighted by molar-refractivity contribution is -0.136. The molecule has 1 aliphatic rings. The second-order valence-electron chi connectivity index (χ2n) is 5.80. The minimum atomic E-state index is -0.871. The molecule has 0 unspecified atom stereocenters. The quantitative estimate of drug-likeness (QED) is 0.814. The zero-order valence-corrected chi connectivity index (χ0v) is 15.1. The van der Waals surface area contributed by atoms with Crippen LogP contribution in [0.5, 0.6) is 0 Å². The van der Waals surface area contributed by atoms with Crippen LogP contribution in [0, 0.1) is 6.92 Å². The number of amidine groups is 1. The number of carbonyl (C=O) groups excluding carboxylic acids is 1. The molecule has 0 spiro atoms. The van der Waals surface area contributed by atoms with Crippen molar-refractivity contribution in [3.05, 3.63) is 71.4 Å². The third-order valence-corrected chi connectivity index (χ3v) is 4.71. The van der Waals surface area contributed by atoms with Crippen LogP contribution in [-0.2, 0) is 9.59 Å². The number of carboxylic acids is 1. The molecule has 26 heavy (non-hydrogen) atoms. The van der Waals surface area contributed by atoms with Gasteiger partial charge in [0.1, 0.15) is 5.70 Å². The molecule has 0 fully saturated rings. The van der Waals surface area contributed by atoms with Gasteiger partial charge in [0, 0.05) is 5.75 Å². The van der Waals surface area contributed by atoms with E-state index in [-0.39, 0.29) is 12.3 Å². The summed E-state index contributed by atoms with van der Waals surface area (Å²) in [5, 5.41) is 9.35. The summed E-state index contributed by atoms with van der Waals surface area (Å²) in [6.07, 6.45) is 1.76. The Morgan fingerprint density at radius 3 is 2.50 bits per heavy atom. The number of carbonyl (C=O) groups is 2.